The second-order valence-electron chi connectivity index (χ2n) is 4.85. The Labute approximate surface area is 122 Å². The van der Waals surface area contributed by atoms with E-state index in [1.807, 2.05) is 6.92 Å². The molecule has 102 valence electrons. The highest BCUT2D eigenvalue weighted by Crippen LogP contribution is 2.32. The zero-order chi connectivity index (χ0) is 13.7. The van der Waals surface area contributed by atoms with Crippen LogP contribution < -0.4 is 5.32 Å². The minimum Gasteiger partial charge on any atom is -0.310 e. The second-order valence-corrected chi connectivity index (χ2v) is 6.08. The molecule has 0 saturated heterocycles. The van der Waals surface area contributed by atoms with E-state index in [0.29, 0.717) is 16.0 Å². The fourth-order valence-electron chi connectivity index (χ4n) is 1.92. The molecule has 1 nitrogen and oxygen atoms in total. The first-order valence-corrected chi connectivity index (χ1v) is 7.51. The zero-order valence-corrected chi connectivity index (χ0v) is 13.4. The first kappa shape index (κ1) is 15.9. The van der Waals surface area contributed by atoms with Crippen LogP contribution in [0.25, 0.3) is 0 Å². The molecule has 0 aliphatic carbocycles. The summed E-state index contributed by atoms with van der Waals surface area (Å²) in [5, 5.41) is 3.49. The highest BCUT2D eigenvalue weighted by atomic mass is 79.9. The molecule has 0 aliphatic heterocycles. The van der Waals surface area contributed by atoms with Gasteiger partial charge in [-0.25, -0.2) is 4.39 Å². The number of nitrogens with one attached hydrogen (secondary N) is 1. The van der Waals surface area contributed by atoms with E-state index < -0.39 is 0 Å². The third-order valence-corrected chi connectivity index (χ3v) is 4.18. The van der Waals surface area contributed by atoms with Gasteiger partial charge in [-0.3, -0.25) is 0 Å². The Morgan fingerprint density at radius 3 is 2.56 bits per heavy atom. The van der Waals surface area contributed by atoms with Crippen LogP contribution in [-0.4, -0.2) is 6.54 Å². The number of halogens is 3. The summed E-state index contributed by atoms with van der Waals surface area (Å²) in [5.41, 5.74) is 0.658. The standard InChI is InChI=1S/C14H20BrClFN/c1-4-18-12(8-5-9(2)3)10-6-7-11(15)13(16)14(10)17/h6-7,9,12,18H,4-5,8H2,1-3H3. The summed E-state index contributed by atoms with van der Waals surface area (Å²) >= 11 is 9.18. The van der Waals surface area contributed by atoms with Crippen molar-refractivity contribution in [2.75, 3.05) is 6.54 Å². The quantitative estimate of drug-likeness (QED) is 0.692. The highest BCUT2D eigenvalue weighted by molar-refractivity contribution is 9.10. The topological polar surface area (TPSA) is 12.0 Å². The Kier molecular flexibility index (Phi) is 6.61. The smallest absolute Gasteiger partial charge is 0.147 e. The molecule has 4 heteroatoms. The summed E-state index contributed by atoms with van der Waals surface area (Å²) in [6.07, 6.45) is 1.98. The van der Waals surface area contributed by atoms with Gasteiger partial charge in [-0.2, -0.15) is 0 Å². The van der Waals surface area contributed by atoms with Crippen molar-refractivity contribution in [2.45, 2.75) is 39.7 Å². The van der Waals surface area contributed by atoms with Gasteiger partial charge in [0.15, 0.2) is 0 Å². The summed E-state index contributed by atoms with van der Waals surface area (Å²) in [7, 11) is 0. The van der Waals surface area contributed by atoms with Crippen molar-refractivity contribution in [1.82, 2.24) is 5.32 Å². The Balaban J connectivity index is 2.94. The summed E-state index contributed by atoms with van der Waals surface area (Å²) < 4.78 is 14.8. The largest absolute Gasteiger partial charge is 0.310 e. The van der Waals surface area contributed by atoms with E-state index >= 15 is 0 Å². The molecule has 0 bridgehead atoms. The van der Waals surface area contributed by atoms with E-state index in [1.54, 1.807) is 12.1 Å². The lowest BCUT2D eigenvalue weighted by Crippen LogP contribution is -2.22. The molecule has 1 unspecified atom stereocenters. The van der Waals surface area contributed by atoms with Crippen LogP contribution in [0.15, 0.2) is 16.6 Å². The number of hydrogen-bond donors (Lipinski definition) is 1. The Morgan fingerprint density at radius 2 is 2.00 bits per heavy atom. The van der Waals surface area contributed by atoms with Crippen LogP contribution in [0.4, 0.5) is 4.39 Å². The van der Waals surface area contributed by atoms with E-state index in [4.69, 9.17) is 11.6 Å². The molecule has 1 N–H and O–H groups in total. The predicted octanol–water partition coefficient (Wildman–Crippen LogP) is 5.33. The van der Waals surface area contributed by atoms with Crippen LogP contribution in [0.1, 0.15) is 45.2 Å². The van der Waals surface area contributed by atoms with Crippen molar-refractivity contribution >= 4 is 27.5 Å². The van der Waals surface area contributed by atoms with E-state index in [-0.39, 0.29) is 16.9 Å². The van der Waals surface area contributed by atoms with Gasteiger partial charge in [0.25, 0.3) is 0 Å². The summed E-state index contributed by atoms with van der Waals surface area (Å²) in [6, 6.07) is 3.64. The lowest BCUT2D eigenvalue weighted by molar-refractivity contribution is 0.434. The average Bonchev–Trinajstić information content (AvgIpc) is 2.32. The molecule has 0 radical (unpaired) electrons. The number of rotatable bonds is 6. The van der Waals surface area contributed by atoms with Crippen LogP contribution in [-0.2, 0) is 0 Å². The molecule has 0 spiro atoms. The molecular formula is C14H20BrClFN. The molecule has 0 aromatic heterocycles. The van der Waals surface area contributed by atoms with Gasteiger partial charge in [0.1, 0.15) is 5.82 Å². The molecule has 0 fully saturated rings. The van der Waals surface area contributed by atoms with Crippen LogP contribution in [0, 0.1) is 11.7 Å². The van der Waals surface area contributed by atoms with E-state index in [1.165, 1.54) is 0 Å². The molecule has 1 rings (SSSR count). The van der Waals surface area contributed by atoms with Gasteiger partial charge in [-0.1, -0.05) is 38.4 Å². The minimum absolute atomic E-state index is 0.0306. The van der Waals surface area contributed by atoms with Gasteiger partial charge in [0.05, 0.1) is 5.02 Å². The van der Waals surface area contributed by atoms with Crippen molar-refractivity contribution in [2.24, 2.45) is 5.92 Å². The molecule has 18 heavy (non-hydrogen) atoms. The average molecular weight is 337 g/mol. The third-order valence-electron chi connectivity index (χ3n) is 2.92. The molecular weight excluding hydrogens is 317 g/mol. The monoisotopic (exact) mass is 335 g/mol. The normalized spacial score (nSPS) is 13.1. The van der Waals surface area contributed by atoms with Gasteiger partial charge in [0, 0.05) is 16.1 Å². The lowest BCUT2D eigenvalue weighted by atomic mass is 9.97. The molecule has 1 aromatic carbocycles. The van der Waals surface area contributed by atoms with Crippen molar-refractivity contribution in [1.29, 1.82) is 0 Å². The van der Waals surface area contributed by atoms with Crippen LogP contribution in [0.3, 0.4) is 0 Å². The first-order valence-electron chi connectivity index (χ1n) is 6.34. The maximum absolute atomic E-state index is 14.2. The van der Waals surface area contributed by atoms with Crippen molar-refractivity contribution in [3.8, 4) is 0 Å². The van der Waals surface area contributed by atoms with Crippen LogP contribution >= 0.6 is 27.5 Å². The molecule has 0 saturated carbocycles. The number of benzene rings is 1. The highest BCUT2D eigenvalue weighted by Gasteiger charge is 2.18. The molecule has 0 heterocycles. The Hall–Kier alpha value is -0.120. The van der Waals surface area contributed by atoms with Crippen LogP contribution in [0.5, 0.6) is 0 Å². The first-order chi connectivity index (χ1) is 8.47. The molecule has 0 aliphatic rings. The van der Waals surface area contributed by atoms with Crippen molar-refractivity contribution in [3.63, 3.8) is 0 Å². The Bertz CT molecular complexity index is 396. The van der Waals surface area contributed by atoms with E-state index in [9.17, 15) is 4.39 Å². The second kappa shape index (κ2) is 7.46. The fraction of sp³-hybridized carbons (Fsp3) is 0.571. The van der Waals surface area contributed by atoms with E-state index in [0.717, 1.165) is 19.4 Å². The third kappa shape index (κ3) is 4.22. The van der Waals surface area contributed by atoms with Gasteiger partial charge in [-0.05, 0) is 47.3 Å². The summed E-state index contributed by atoms with van der Waals surface area (Å²) in [5.74, 6) is 0.292. The summed E-state index contributed by atoms with van der Waals surface area (Å²) in [6.45, 7) is 7.19. The van der Waals surface area contributed by atoms with Crippen LogP contribution in [0.2, 0.25) is 5.02 Å². The lowest BCUT2D eigenvalue weighted by Gasteiger charge is -2.20. The maximum Gasteiger partial charge on any atom is 0.147 e. The summed E-state index contributed by atoms with van der Waals surface area (Å²) in [4.78, 5) is 0. The molecule has 1 aromatic rings. The van der Waals surface area contributed by atoms with Crippen molar-refractivity contribution < 1.29 is 4.39 Å². The van der Waals surface area contributed by atoms with Gasteiger partial charge in [-0.15, -0.1) is 0 Å². The molecule has 1 atom stereocenters. The van der Waals surface area contributed by atoms with Crippen molar-refractivity contribution in [3.05, 3.63) is 33.0 Å². The van der Waals surface area contributed by atoms with E-state index in [2.05, 4.69) is 35.1 Å². The van der Waals surface area contributed by atoms with Gasteiger partial charge >= 0.3 is 0 Å². The predicted molar refractivity (Wildman–Crippen MR) is 79.6 cm³/mol. The minimum atomic E-state index is -0.319. The maximum atomic E-state index is 14.2. The SMILES string of the molecule is CCNC(CCC(C)C)c1ccc(Br)c(Cl)c1F. The zero-order valence-electron chi connectivity index (χ0n) is 11.1. The Morgan fingerprint density at radius 1 is 1.33 bits per heavy atom. The fourth-order valence-corrected chi connectivity index (χ4v) is 2.40. The molecule has 0 amide bonds. The number of hydrogen-bond acceptors (Lipinski definition) is 1. The van der Waals surface area contributed by atoms with Gasteiger partial charge < -0.3 is 5.32 Å². The van der Waals surface area contributed by atoms with Gasteiger partial charge in [0.2, 0.25) is 0 Å².